The Labute approximate surface area is 241 Å². The Bertz CT molecular complexity index is 886. The zero-order valence-electron chi connectivity index (χ0n) is 25.9. The lowest BCUT2D eigenvalue weighted by atomic mass is 10.4. The molecule has 0 N–H and O–H groups in total. The van der Waals surface area contributed by atoms with Gasteiger partial charge in [-0.25, -0.2) is 0 Å². The van der Waals surface area contributed by atoms with Gasteiger partial charge in [0.05, 0.1) is 0 Å². The summed E-state index contributed by atoms with van der Waals surface area (Å²) in [6.07, 6.45) is -0.393. The summed E-state index contributed by atoms with van der Waals surface area (Å²) in [6.45, 7) is 24.1. The highest BCUT2D eigenvalue weighted by Gasteiger charge is 2.55. The summed E-state index contributed by atoms with van der Waals surface area (Å²) in [6, 6.07) is 20.0. The fourth-order valence-corrected chi connectivity index (χ4v) is 21.4. The SMILES string of the molecule is CC(C)O[Si](OC(C)C)(O[Si](C)(C)O[Si](C)(C)O[Si](OC(C)C)(OC(C)C)c1ccccc1)c1ccccc1. The third kappa shape index (κ3) is 10.7. The minimum absolute atomic E-state index is 0.0982. The Morgan fingerprint density at radius 2 is 0.667 bits per heavy atom. The smallest absolute Gasteiger partial charge is 0.416 e. The molecule has 39 heavy (non-hydrogen) atoms. The van der Waals surface area contributed by atoms with Gasteiger partial charge in [-0.05, 0) is 81.6 Å². The normalized spacial score (nSPS) is 13.7. The first-order valence-corrected chi connectivity index (χ1v) is 23.0. The molecular weight excluding hydrogens is 561 g/mol. The lowest BCUT2D eigenvalue weighted by Crippen LogP contribution is -2.68. The highest BCUT2D eigenvalue weighted by atomic mass is 28.5. The van der Waals surface area contributed by atoms with E-state index in [4.69, 9.17) is 30.0 Å². The van der Waals surface area contributed by atoms with Crippen LogP contribution in [0.25, 0.3) is 0 Å². The molecule has 11 heteroatoms. The Balaban J connectivity index is 2.48. The zero-order chi connectivity index (χ0) is 29.5. The van der Waals surface area contributed by atoms with Crippen LogP contribution in [0.1, 0.15) is 55.4 Å². The van der Waals surface area contributed by atoms with E-state index in [1.54, 1.807) is 0 Å². The van der Waals surface area contributed by atoms with E-state index in [-0.39, 0.29) is 24.4 Å². The van der Waals surface area contributed by atoms with Gasteiger partial charge in [0, 0.05) is 34.8 Å². The predicted octanol–water partition coefficient (Wildman–Crippen LogP) is 5.83. The first-order chi connectivity index (χ1) is 18.0. The van der Waals surface area contributed by atoms with Gasteiger partial charge >= 0.3 is 34.7 Å². The van der Waals surface area contributed by atoms with Crippen molar-refractivity contribution in [2.75, 3.05) is 0 Å². The number of hydrogen-bond donors (Lipinski definition) is 0. The molecule has 7 nitrogen and oxygen atoms in total. The van der Waals surface area contributed by atoms with Gasteiger partial charge in [-0.1, -0.05) is 60.7 Å². The van der Waals surface area contributed by atoms with E-state index in [9.17, 15) is 0 Å². The van der Waals surface area contributed by atoms with E-state index in [1.807, 2.05) is 142 Å². The second-order valence-corrected chi connectivity index (χ2v) is 24.0. The Hall–Kier alpha value is -0.972. The Morgan fingerprint density at radius 1 is 0.410 bits per heavy atom. The lowest BCUT2D eigenvalue weighted by molar-refractivity contribution is 0.0530. The molecule has 2 aromatic rings. The molecule has 0 aliphatic rings. The van der Waals surface area contributed by atoms with Crippen LogP contribution in [0.5, 0.6) is 0 Å². The summed E-state index contributed by atoms with van der Waals surface area (Å²) in [5, 5.41) is 1.83. The monoisotopic (exact) mass is 610 g/mol. The number of benzene rings is 2. The van der Waals surface area contributed by atoms with Gasteiger partial charge in [0.15, 0.2) is 0 Å². The molecule has 0 unspecified atom stereocenters. The van der Waals surface area contributed by atoms with Crippen molar-refractivity contribution in [3.8, 4) is 0 Å². The molecule has 0 heterocycles. The summed E-state index contributed by atoms with van der Waals surface area (Å²) < 4.78 is 47.0. The van der Waals surface area contributed by atoms with Crippen molar-refractivity contribution >= 4 is 45.1 Å². The Kier molecular flexibility index (Phi) is 12.5. The molecule has 0 bridgehead atoms. The lowest BCUT2D eigenvalue weighted by Gasteiger charge is -2.43. The van der Waals surface area contributed by atoms with Crippen molar-refractivity contribution in [1.82, 2.24) is 0 Å². The summed E-state index contributed by atoms with van der Waals surface area (Å²) in [5.41, 5.74) is 0. The highest BCUT2D eigenvalue weighted by molar-refractivity contribution is 6.91. The van der Waals surface area contributed by atoms with Crippen LogP contribution >= 0.6 is 0 Å². The molecule has 2 rings (SSSR count). The van der Waals surface area contributed by atoms with Crippen LogP contribution in [0.2, 0.25) is 26.2 Å². The van der Waals surface area contributed by atoms with Crippen molar-refractivity contribution in [3.63, 3.8) is 0 Å². The molecule has 0 radical (unpaired) electrons. The average molecular weight is 611 g/mol. The van der Waals surface area contributed by atoms with Crippen molar-refractivity contribution in [3.05, 3.63) is 60.7 Å². The second-order valence-electron chi connectivity index (χ2n) is 11.6. The van der Waals surface area contributed by atoms with Gasteiger partial charge in [0.25, 0.3) is 0 Å². The van der Waals surface area contributed by atoms with E-state index in [2.05, 4.69) is 0 Å². The molecule has 0 atom stereocenters. The summed E-state index contributed by atoms with van der Waals surface area (Å²) >= 11 is 0. The fraction of sp³-hybridized carbons (Fsp3) is 0.571. The second kappa shape index (κ2) is 14.3. The van der Waals surface area contributed by atoms with Gasteiger partial charge in [-0.15, -0.1) is 0 Å². The van der Waals surface area contributed by atoms with Crippen LogP contribution in [0.4, 0.5) is 0 Å². The summed E-state index contributed by atoms with van der Waals surface area (Å²) in [7, 11) is -12.5. The van der Waals surface area contributed by atoms with E-state index in [0.29, 0.717) is 0 Å². The Morgan fingerprint density at radius 3 is 0.897 bits per heavy atom. The first-order valence-electron chi connectivity index (χ1n) is 13.9. The van der Waals surface area contributed by atoms with Crippen LogP contribution in [0, 0.1) is 0 Å². The molecule has 0 spiro atoms. The molecule has 0 aliphatic carbocycles. The third-order valence-corrected chi connectivity index (χ3v) is 20.3. The van der Waals surface area contributed by atoms with Gasteiger partial charge in [0.2, 0.25) is 0 Å². The topological polar surface area (TPSA) is 64.6 Å². The molecule has 0 amide bonds. The number of hydrogen-bond acceptors (Lipinski definition) is 7. The molecule has 0 aromatic heterocycles. The number of rotatable bonds is 16. The van der Waals surface area contributed by atoms with Gasteiger partial charge in [0.1, 0.15) is 0 Å². The fourth-order valence-electron chi connectivity index (χ4n) is 4.35. The average Bonchev–Trinajstić information content (AvgIpc) is 2.76. The van der Waals surface area contributed by atoms with Crippen LogP contribution in [-0.2, 0) is 30.0 Å². The first kappa shape index (κ1) is 34.2. The highest BCUT2D eigenvalue weighted by Crippen LogP contribution is 2.28. The zero-order valence-corrected chi connectivity index (χ0v) is 29.9. The molecule has 0 saturated heterocycles. The minimum atomic E-state index is -3.36. The van der Waals surface area contributed by atoms with Crippen LogP contribution < -0.4 is 10.4 Å². The van der Waals surface area contributed by atoms with Crippen molar-refractivity contribution < 1.29 is 30.0 Å². The molecule has 0 saturated carbocycles. The quantitative estimate of drug-likeness (QED) is 0.222. The maximum Gasteiger partial charge on any atom is 0.528 e. The van der Waals surface area contributed by atoms with E-state index >= 15 is 0 Å². The van der Waals surface area contributed by atoms with Crippen LogP contribution in [-0.4, -0.2) is 59.1 Å². The molecule has 220 valence electrons. The van der Waals surface area contributed by atoms with Crippen LogP contribution in [0.3, 0.4) is 0 Å². The van der Waals surface area contributed by atoms with Crippen LogP contribution in [0.15, 0.2) is 60.7 Å². The summed E-state index contributed by atoms with van der Waals surface area (Å²) in [5.74, 6) is 0. The minimum Gasteiger partial charge on any atom is -0.416 e. The molecule has 0 fully saturated rings. The van der Waals surface area contributed by atoms with E-state index in [0.717, 1.165) is 10.4 Å². The predicted molar refractivity (Wildman–Crippen MR) is 167 cm³/mol. The molecular formula is C28H50O7Si4. The largest absolute Gasteiger partial charge is 0.528 e. The van der Waals surface area contributed by atoms with E-state index < -0.39 is 34.7 Å². The van der Waals surface area contributed by atoms with E-state index in [1.165, 1.54) is 0 Å². The third-order valence-electron chi connectivity index (χ3n) is 5.07. The van der Waals surface area contributed by atoms with Crippen molar-refractivity contribution in [2.24, 2.45) is 0 Å². The van der Waals surface area contributed by atoms with Gasteiger partial charge in [-0.2, -0.15) is 0 Å². The maximum atomic E-state index is 6.95. The summed E-state index contributed by atoms with van der Waals surface area (Å²) in [4.78, 5) is 0. The molecule has 2 aromatic carbocycles. The maximum absolute atomic E-state index is 6.95. The van der Waals surface area contributed by atoms with Crippen molar-refractivity contribution in [2.45, 2.75) is 106 Å². The van der Waals surface area contributed by atoms with Gasteiger partial charge in [-0.3, -0.25) is 0 Å². The molecule has 0 aliphatic heterocycles. The standard InChI is InChI=1S/C28H50O7Si4/c1-23(2)29-38(30-24(3)4,27-19-15-13-16-20-27)34-36(9,10)33-37(11,12)35-39(31-25(5)6,32-26(7)8)28-21-17-14-18-22-28/h13-26H,1-12H3. The van der Waals surface area contributed by atoms with Crippen molar-refractivity contribution in [1.29, 1.82) is 0 Å². The van der Waals surface area contributed by atoms with Gasteiger partial charge < -0.3 is 30.0 Å².